The number of aromatic amines is 1. The van der Waals surface area contributed by atoms with Crippen molar-refractivity contribution in [3.05, 3.63) is 73.5 Å². The molecular formula is C23H24FN3O3. The SMILES string of the molecule is O=c1[nH]c(C2CCCCC2)nc2c1CN(Cc1coc3ccc(F)cc3c1=O)CC2. The van der Waals surface area contributed by atoms with E-state index in [2.05, 4.69) is 4.98 Å². The lowest BCUT2D eigenvalue weighted by atomic mass is 9.88. The predicted octanol–water partition coefficient (Wildman–Crippen LogP) is 3.62. The minimum absolute atomic E-state index is 0.0714. The van der Waals surface area contributed by atoms with Gasteiger partial charge < -0.3 is 9.40 Å². The Labute approximate surface area is 172 Å². The molecule has 3 aromatic rings. The van der Waals surface area contributed by atoms with Gasteiger partial charge in [-0.05, 0) is 31.0 Å². The summed E-state index contributed by atoms with van der Waals surface area (Å²) in [4.78, 5) is 35.4. The van der Waals surface area contributed by atoms with Crippen LogP contribution < -0.4 is 11.0 Å². The first kappa shape index (κ1) is 19.2. The van der Waals surface area contributed by atoms with Crippen LogP contribution in [0.5, 0.6) is 0 Å². The van der Waals surface area contributed by atoms with Crippen LogP contribution in [0, 0.1) is 5.82 Å². The number of benzene rings is 1. The molecule has 7 heteroatoms. The second-order valence-electron chi connectivity index (χ2n) is 8.40. The van der Waals surface area contributed by atoms with Crippen LogP contribution in [0.1, 0.15) is 60.7 Å². The summed E-state index contributed by atoms with van der Waals surface area (Å²) in [5.74, 6) is 0.728. The standard InChI is InChI=1S/C23H24FN3O3/c24-16-6-7-20-17(10-16)21(28)15(13-30-20)11-27-9-8-19-18(12-27)23(29)26-22(25-19)14-4-2-1-3-5-14/h6-7,10,13-14H,1-5,8-9,11-12H2,(H,25,26,29). The highest BCUT2D eigenvalue weighted by Gasteiger charge is 2.25. The van der Waals surface area contributed by atoms with Gasteiger partial charge in [-0.3, -0.25) is 14.5 Å². The van der Waals surface area contributed by atoms with Gasteiger partial charge in [0.15, 0.2) is 5.43 Å². The molecule has 3 heterocycles. The Bertz CT molecular complexity index is 1210. The zero-order valence-corrected chi connectivity index (χ0v) is 16.7. The van der Waals surface area contributed by atoms with Gasteiger partial charge in [-0.1, -0.05) is 19.3 Å². The lowest BCUT2D eigenvalue weighted by Crippen LogP contribution is -2.37. The molecule has 1 fully saturated rings. The quantitative estimate of drug-likeness (QED) is 0.715. The van der Waals surface area contributed by atoms with Crippen molar-refractivity contribution in [1.29, 1.82) is 0 Å². The molecule has 1 N–H and O–H groups in total. The smallest absolute Gasteiger partial charge is 0.255 e. The molecular weight excluding hydrogens is 385 g/mol. The largest absolute Gasteiger partial charge is 0.464 e. The van der Waals surface area contributed by atoms with Gasteiger partial charge in [0.2, 0.25) is 0 Å². The van der Waals surface area contributed by atoms with Crippen molar-refractivity contribution in [3.63, 3.8) is 0 Å². The normalized spacial score (nSPS) is 17.9. The average molecular weight is 409 g/mol. The molecule has 5 rings (SSSR count). The number of nitrogens with one attached hydrogen (secondary N) is 1. The van der Waals surface area contributed by atoms with E-state index < -0.39 is 5.82 Å². The summed E-state index contributed by atoms with van der Waals surface area (Å²) in [7, 11) is 0. The minimum Gasteiger partial charge on any atom is -0.464 e. The van der Waals surface area contributed by atoms with E-state index in [9.17, 15) is 14.0 Å². The Morgan fingerprint density at radius 1 is 1.20 bits per heavy atom. The number of fused-ring (bicyclic) bond motifs is 2. The number of rotatable bonds is 3. The maximum absolute atomic E-state index is 13.5. The molecule has 1 saturated carbocycles. The molecule has 2 aliphatic rings. The molecule has 156 valence electrons. The molecule has 0 radical (unpaired) electrons. The van der Waals surface area contributed by atoms with E-state index in [1.807, 2.05) is 4.90 Å². The molecule has 1 aromatic carbocycles. The van der Waals surface area contributed by atoms with Gasteiger partial charge >= 0.3 is 0 Å². The zero-order chi connectivity index (χ0) is 20.7. The zero-order valence-electron chi connectivity index (χ0n) is 16.7. The highest BCUT2D eigenvalue weighted by atomic mass is 19.1. The number of H-pyrrole nitrogens is 1. The topological polar surface area (TPSA) is 79.2 Å². The molecule has 0 saturated heterocycles. The average Bonchev–Trinajstić information content (AvgIpc) is 2.77. The van der Waals surface area contributed by atoms with Crippen molar-refractivity contribution in [1.82, 2.24) is 14.9 Å². The summed E-state index contributed by atoms with van der Waals surface area (Å²) in [5.41, 5.74) is 2.07. The van der Waals surface area contributed by atoms with E-state index in [1.165, 1.54) is 43.7 Å². The first-order chi connectivity index (χ1) is 14.6. The van der Waals surface area contributed by atoms with Gasteiger partial charge in [-0.25, -0.2) is 9.37 Å². The van der Waals surface area contributed by atoms with Crippen molar-refractivity contribution in [2.45, 2.75) is 57.5 Å². The molecule has 0 amide bonds. The number of hydrogen-bond acceptors (Lipinski definition) is 5. The second kappa shape index (κ2) is 7.80. The van der Waals surface area contributed by atoms with Crippen molar-refractivity contribution >= 4 is 11.0 Å². The van der Waals surface area contributed by atoms with E-state index in [4.69, 9.17) is 9.40 Å². The highest BCUT2D eigenvalue weighted by Crippen LogP contribution is 2.30. The fraction of sp³-hybridized carbons (Fsp3) is 0.435. The van der Waals surface area contributed by atoms with Gasteiger partial charge in [0.05, 0.1) is 22.9 Å². The summed E-state index contributed by atoms with van der Waals surface area (Å²) < 4.78 is 19.1. The van der Waals surface area contributed by atoms with E-state index >= 15 is 0 Å². The van der Waals surface area contributed by atoms with Crippen LogP contribution in [0.25, 0.3) is 11.0 Å². The van der Waals surface area contributed by atoms with Crippen LogP contribution in [0.4, 0.5) is 4.39 Å². The Morgan fingerprint density at radius 3 is 2.87 bits per heavy atom. The Balaban J connectivity index is 1.38. The number of aromatic nitrogens is 2. The van der Waals surface area contributed by atoms with Gasteiger partial charge in [-0.2, -0.15) is 0 Å². The summed E-state index contributed by atoms with van der Waals surface area (Å²) in [6.45, 7) is 1.48. The second-order valence-corrected chi connectivity index (χ2v) is 8.40. The van der Waals surface area contributed by atoms with Gasteiger partial charge in [0.25, 0.3) is 5.56 Å². The van der Waals surface area contributed by atoms with Crippen LogP contribution in [-0.2, 0) is 19.5 Å². The fourth-order valence-electron chi connectivity index (χ4n) is 4.70. The molecule has 1 aliphatic carbocycles. The number of nitrogens with zero attached hydrogens (tertiary/aromatic N) is 2. The van der Waals surface area contributed by atoms with Crippen LogP contribution in [-0.4, -0.2) is 21.4 Å². The number of halogens is 1. The minimum atomic E-state index is -0.467. The monoisotopic (exact) mass is 409 g/mol. The van der Waals surface area contributed by atoms with E-state index in [0.29, 0.717) is 48.7 Å². The van der Waals surface area contributed by atoms with Gasteiger partial charge in [-0.15, -0.1) is 0 Å². The first-order valence-electron chi connectivity index (χ1n) is 10.6. The molecule has 1 aliphatic heterocycles. The van der Waals surface area contributed by atoms with Gasteiger partial charge in [0.1, 0.15) is 17.2 Å². The van der Waals surface area contributed by atoms with Crippen molar-refractivity contribution in [2.24, 2.45) is 0 Å². The third-order valence-electron chi connectivity index (χ3n) is 6.36. The summed E-state index contributed by atoms with van der Waals surface area (Å²) in [6.07, 6.45) is 7.93. The maximum atomic E-state index is 13.5. The van der Waals surface area contributed by atoms with E-state index in [0.717, 1.165) is 24.4 Å². The first-order valence-corrected chi connectivity index (χ1v) is 10.6. The fourth-order valence-corrected chi connectivity index (χ4v) is 4.70. The third kappa shape index (κ3) is 3.58. The molecule has 0 unspecified atom stereocenters. The Hall–Kier alpha value is -2.80. The van der Waals surface area contributed by atoms with Crippen molar-refractivity contribution in [3.8, 4) is 0 Å². The molecule has 0 spiro atoms. The summed E-state index contributed by atoms with van der Waals surface area (Å²) in [6, 6.07) is 3.94. The maximum Gasteiger partial charge on any atom is 0.255 e. The van der Waals surface area contributed by atoms with Crippen molar-refractivity contribution < 1.29 is 8.81 Å². The molecule has 6 nitrogen and oxygen atoms in total. The molecule has 0 atom stereocenters. The molecule has 2 aromatic heterocycles. The van der Waals surface area contributed by atoms with E-state index in [-0.39, 0.29) is 16.4 Å². The van der Waals surface area contributed by atoms with Crippen LogP contribution >= 0.6 is 0 Å². The molecule has 0 bridgehead atoms. The van der Waals surface area contributed by atoms with Crippen LogP contribution in [0.15, 0.2) is 38.5 Å². The van der Waals surface area contributed by atoms with Crippen LogP contribution in [0.3, 0.4) is 0 Å². The number of hydrogen-bond donors (Lipinski definition) is 1. The Morgan fingerprint density at radius 2 is 2.03 bits per heavy atom. The predicted molar refractivity (Wildman–Crippen MR) is 111 cm³/mol. The lowest BCUT2D eigenvalue weighted by Gasteiger charge is -2.28. The van der Waals surface area contributed by atoms with Gasteiger partial charge in [0, 0.05) is 37.5 Å². The summed E-state index contributed by atoms with van der Waals surface area (Å²) in [5, 5.41) is 0.238. The van der Waals surface area contributed by atoms with Crippen molar-refractivity contribution in [2.75, 3.05) is 6.54 Å². The van der Waals surface area contributed by atoms with Crippen LogP contribution in [0.2, 0.25) is 0 Å². The molecule has 30 heavy (non-hydrogen) atoms. The third-order valence-corrected chi connectivity index (χ3v) is 6.36. The highest BCUT2D eigenvalue weighted by molar-refractivity contribution is 5.76. The Kier molecular flexibility index (Phi) is 4.98. The van der Waals surface area contributed by atoms with E-state index in [1.54, 1.807) is 0 Å². The summed E-state index contributed by atoms with van der Waals surface area (Å²) >= 11 is 0. The lowest BCUT2D eigenvalue weighted by molar-refractivity contribution is 0.238.